The van der Waals surface area contributed by atoms with Gasteiger partial charge in [0, 0.05) is 44.3 Å². The van der Waals surface area contributed by atoms with Crippen LogP contribution in [0.1, 0.15) is 55.6 Å². The molecule has 1 atom stereocenters. The van der Waals surface area contributed by atoms with E-state index in [1.54, 1.807) is 14.2 Å². The van der Waals surface area contributed by atoms with Crippen molar-refractivity contribution in [1.29, 1.82) is 5.26 Å². The fraction of sp³-hybridized carbons (Fsp3) is 0.583. The molecule has 0 aliphatic carbocycles. The second kappa shape index (κ2) is 10.7. The predicted molar refractivity (Wildman–Crippen MR) is 122 cm³/mol. The molecule has 0 saturated carbocycles. The number of ether oxygens (including phenoxy) is 2. The second-order valence-electron chi connectivity index (χ2n) is 8.35. The number of piperidine rings is 1. The van der Waals surface area contributed by atoms with Crippen LogP contribution >= 0.6 is 0 Å². The predicted octanol–water partition coefficient (Wildman–Crippen LogP) is 3.55. The number of rotatable bonds is 9. The lowest BCUT2D eigenvalue weighted by atomic mass is 10.0. The van der Waals surface area contributed by atoms with Gasteiger partial charge in [-0.3, -0.25) is 4.79 Å². The highest BCUT2D eigenvalue weighted by atomic mass is 16.5. The van der Waals surface area contributed by atoms with Crippen LogP contribution in [0.5, 0.6) is 5.75 Å². The Hall–Kier alpha value is -2.56. The first-order chi connectivity index (χ1) is 15.0. The van der Waals surface area contributed by atoms with Gasteiger partial charge in [-0.2, -0.15) is 5.26 Å². The van der Waals surface area contributed by atoms with Crippen LogP contribution in [0.2, 0.25) is 0 Å². The fourth-order valence-electron chi connectivity index (χ4n) is 4.63. The molecule has 3 rings (SSSR count). The molecule has 1 aliphatic heterocycles. The standard InChI is InChI=1S/C24H34N4O3/c1-17(2)28(18-9-8-12-26-16-18)24(29)23-20(15-25)19-10-7-11-21(31-4)22(19)27(23)13-5-6-14-30-3/h7,10-11,17-18,26H,5-6,8-9,12-14,16H2,1-4H3/t18-/m1/s1. The van der Waals surface area contributed by atoms with Crippen molar-refractivity contribution in [3.63, 3.8) is 0 Å². The van der Waals surface area contributed by atoms with E-state index in [0.29, 0.717) is 30.2 Å². The summed E-state index contributed by atoms with van der Waals surface area (Å²) in [5, 5.41) is 14.3. The number of fused-ring (bicyclic) bond motifs is 1. The summed E-state index contributed by atoms with van der Waals surface area (Å²) >= 11 is 0. The van der Waals surface area contributed by atoms with Gasteiger partial charge in [-0.05, 0) is 52.1 Å². The van der Waals surface area contributed by atoms with Gasteiger partial charge in [0.1, 0.15) is 17.5 Å². The highest BCUT2D eigenvalue weighted by Gasteiger charge is 2.33. The Bertz CT molecular complexity index is 938. The van der Waals surface area contributed by atoms with E-state index >= 15 is 0 Å². The number of hydrogen-bond donors (Lipinski definition) is 1. The monoisotopic (exact) mass is 426 g/mol. The molecule has 0 radical (unpaired) electrons. The van der Waals surface area contributed by atoms with E-state index in [1.807, 2.05) is 41.5 Å². The van der Waals surface area contributed by atoms with Crippen molar-refractivity contribution in [3.05, 3.63) is 29.5 Å². The van der Waals surface area contributed by atoms with Crippen LogP contribution in [0, 0.1) is 11.3 Å². The van der Waals surface area contributed by atoms with Crippen LogP contribution < -0.4 is 10.1 Å². The lowest BCUT2D eigenvalue weighted by Gasteiger charge is -2.38. The normalized spacial score (nSPS) is 16.5. The van der Waals surface area contributed by atoms with E-state index in [-0.39, 0.29) is 18.0 Å². The number of aryl methyl sites for hydroxylation is 1. The van der Waals surface area contributed by atoms with Crippen LogP contribution in [0.4, 0.5) is 0 Å². The molecule has 31 heavy (non-hydrogen) atoms. The van der Waals surface area contributed by atoms with E-state index < -0.39 is 0 Å². The molecule has 1 N–H and O–H groups in total. The van der Waals surface area contributed by atoms with Gasteiger partial charge in [0.15, 0.2) is 0 Å². The van der Waals surface area contributed by atoms with Gasteiger partial charge in [0.2, 0.25) is 0 Å². The molecule has 1 fully saturated rings. The van der Waals surface area contributed by atoms with Gasteiger partial charge < -0.3 is 24.3 Å². The van der Waals surface area contributed by atoms with Crippen molar-refractivity contribution in [2.24, 2.45) is 0 Å². The first-order valence-corrected chi connectivity index (χ1v) is 11.2. The number of benzene rings is 1. The molecule has 1 aromatic carbocycles. The van der Waals surface area contributed by atoms with E-state index in [4.69, 9.17) is 9.47 Å². The van der Waals surface area contributed by atoms with Crippen LogP contribution in [-0.4, -0.2) is 61.4 Å². The number of carbonyl (C=O) groups excluding carboxylic acids is 1. The van der Waals surface area contributed by atoms with Crippen molar-refractivity contribution >= 4 is 16.8 Å². The number of hydrogen-bond acceptors (Lipinski definition) is 5. The van der Waals surface area contributed by atoms with E-state index in [1.165, 1.54) is 0 Å². The molecule has 2 heterocycles. The molecule has 1 amide bonds. The average molecular weight is 427 g/mol. The van der Waals surface area contributed by atoms with Gasteiger partial charge in [0.25, 0.3) is 5.91 Å². The van der Waals surface area contributed by atoms with Crippen molar-refractivity contribution in [2.45, 2.75) is 58.2 Å². The quantitative estimate of drug-likeness (QED) is 0.621. The lowest BCUT2D eigenvalue weighted by Crippen LogP contribution is -2.52. The Morgan fingerprint density at radius 3 is 2.77 bits per heavy atom. The van der Waals surface area contributed by atoms with Crippen molar-refractivity contribution in [2.75, 3.05) is 33.9 Å². The molecular weight excluding hydrogens is 392 g/mol. The van der Waals surface area contributed by atoms with E-state index in [0.717, 1.165) is 49.7 Å². The minimum absolute atomic E-state index is 0.0331. The average Bonchev–Trinajstić information content (AvgIpc) is 3.11. The zero-order chi connectivity index (χ0) is 22.4. The van der Waals surface area contributed by atoms with Gasteiger partial charge in [-0.25, -0.2) is 0 Å². The number of aromatic nitrogens is 1. The highest BCUT2D eigenvalue weighted by molar-refractivity contribution is 6.05. The third kappa shape index (κ3) is 4.70. The van der Waals surface area contributed by atoms with E-state index in [2.05, 4.69) is 11.4 Å². The number of amides is 1. The van der Waals surface area contributed by atoms with Crippen molar-refractivity contribution in [1.82, 2.24) is 14.8 Å². The number of carbonyl (C=O) groups is 1. The van der Waals surface area contributed by atoms with Crippen LogP contribution in [0.15, 0.2) is 18.2 Å². The first-order valence-electron chi connectivity index (χ1n) is 11.2. The minimum Gasteiger partial charge on any atom is -0.495 e. The summed E-state index contributed by atoms with van der Waals surface area (Å²) in [6, 6.07) is 8.14. The van der Waals surface area contributed by atoms with Gasteiger partial charge in [-0.1, -0.05) is 12.1 Å². The molecule has 7 nitrogen and oxygen atoms in total. The van der Waals surface area contributed by atoms with Crippen LogP contribution in [0.25, 0.3) is 10.9 Å². The molecule has 0 spiro atoms. The third-order valence-corrected chi connectivity index (χ3v) is 6.01. The summed E-state index contributed by atoms with van der Waals surface area (Å²) in [6.07, 6.45) is 3.73. The molecular formula is C24H34N4O3. The maximum Gasteiger partial charge on any atom is 0.272 e. The number of nitrogens with zero attached hydrogens (tertiary/aromatic N) is 3. The largest absolute Gasteiger partial charge is 0.495 e. The Kier molecular flexibility index (Phi) is 7.94. The van der Waals surface area contributed by atoms with Gasteiger partial charge >= 0.3 is 0 Å². The molecule has 1 aliphatic rings. The second-order valence-corrected chi connectivity index (χ2v) is 8.35. The van der Waals surface area contributed by atoms with Crippen molar-refractivity contribution in [3.8, 4) is 11.8 Å². The minimum atomic E-state index is -0.0785. The molecule has 1 aromatic heterocycles. The maximum absolute atomic E-state index is 14.0. The zero-order valence-corrected chi connectivity index (χ0v) is 19.1. The number of nitrogens with one attached hydrogen (secondary N) is 1. The Labute approximate surface area is 184 Å². The summed E-state index contributed by atoms with van der Waals surface area (Å²) < 4.78 is 12.8. The molecule has 1 saturated heterocycles. The van der Waals surface area contributed by atoms with Gasteiger partial charge in [-0.15, -0.1) is 0 Å². The smallest absolute Gasteiger partial charge is 0.272 e. The van der Waals surface area contributed by atoms with Crippen LogP contribution in [0.3, 0.4) is 0 Å². The third-order valence-electron chi connectivity index (χ3n) is 6.01. The van der Waals surface area contributed by atoms with Gasteiger partial charge in [0.05, 0.1) is 18.2 Å². The molecule has 7 heteroatoms. The number of para-hydroxylation sites is 1. The summed E-state index contributed by atoms with van der Waals surface area (Å²) in [5.74, 6) is 0.598. The molecule has 0 bridgehead atoms. The highest BCUT2D eigenvalue weighted by Crippen LogP contribution is 2.34. The van der Waals surface area contributed by atoms with Crippen molar-refractivity contribution < 1.29 is 14.3 Å². The Balaban J connectivity index is 2.14. The summed E-state index contributed by atoms with van der Waals surface area (Å²) in [7, 11) is 3.31. The molecule has 2 aromatic rings. The number of unbranched alkanes of at least 4 members (excludes halogenated alkanes) is 1. The van der Waals surface area contributed by atoms with E-state index in [9.17, 15) is 10.1 Å². The topological polar surface area (TPSA) is 79.5 Å². The fourth-order valence-corrected chi connectivity index (χ4v) is 4.63. The lowest BCUT2D eigenvalue weighted by molar-refractivity contribution is 0.0562. The molecule has 0 unspecified atom stereocenters. The molecule has 168 valence electrons. The SMILES string of the molecule is COCCCCn1c(C(=O)N(C(C)C)[C@@H]2CCCNC2)c(C#N)c2cccc(OC)c21. The number of methoxy groups -OCH3 is 2. The number of nitriles is 1. The Morgan fingerprint density at radius 2 is 2.16 bits per heavy atom. The first kappa shape index (κ1) is 23.1. The zero-order valence-electron chi connectivity index (χ0n) is 19.1. The van der Waals surface area contributed by atoms with Crippen LogP contribution in [-0.2, 0) is 11.3 Å². The summed E-state index contributed by atoms with van der Waals surface area (Å²) in [6.45, 7) is 7.14. The Morgan fingerprint density at radius 1 is 1.35 bits per heavy atom. The summed E-state index contributed by atoms with van der Waals surface area (Å²) in [5.41, 5.74) is 1.71. The maximum atomic E-state index is 14.0. The summed E-state index contributed by atoms with van der Waals surface area (Å²) in [4.78, 5) is 16.0.